The smallest absolute Gasteiger partial charge is 0.337 e. The van der Waals surface area contributed by atoms with Gasteiger partial charge in [0.05, 0.1) is 22.2 Å². The van der Waals surface area contributed by atoms with Crippen LogP contribution in [-0.2, 0) is 4.74 Å². The van der Waals surface area contributed by atoms with E-state index in [9.17, 15) is 4.79 Å². The number of hydrogen-bond acceptors (Lipinski definition) is 4. The van der Waals surface area contributed by atoms with Crippen molar-refractivity contribution in [2.45, 2.75) is 0 Å². The van der Waals surface area contributed by atoms with Crippen LogP contribution in [-0.4, -0.2) is 50.9 Å². The van der Waals surface area contributed by atoms with Crippen LogP contribution in [0.25, 0.3) is 0 Å². The highest BCUT2D eigenvalue weighted by Gasteiger charge is 2.16. The summed E-state index contributed by atoms with van der Waals surface area (Å²) in [6.45, 7) is -17.8. The van der Waals surface area contributed by atoms with E-state index >= 15 is 0 Å². The normalized spacial score (nSPS) is 40.8. The number of methoxy groups -OCH3 is 1. The van der Waals surface area contributed by atoms with Crippen molar-refractivity contribution in [1.82, 2.24) is 4.90 Å². The fourth-order valence-corrected chi connectivity index (χ4v) is 1.75. The lowest BCUT2D eigenvalue weighted by Gasteiger charge is -2.34. The molecule has 0 radical (unpaired) electrons. The molecule has 98 valence electrons. The van der Waals surface area contributed by atoms with Crippen molar-refractivity contribution in [3.8, 4) is 0 Å². The number of ether oxygens (including phenoxy) is 1. The molecule has 1 saturated heterocycles. The Balaban J connectivity index is 2.76. The third-order valence-electron chi connectivity index (χ3n) is 2.02. The van der Waals surface area contributed by atoms with Gasteiger partial charge in [0.1, 0.15) is 0 Å². The highest BCUT2D eigenvalue weighted by atomic mass is 79.9. The Labute approximate surface area is 135 Å². The number of carbonyl (C=O) groups excluding carboxylic acids is 1. The first-order valence-corrected chi connectivity index (χ1v) is 5.42. The minimum Gasteiger partial charge on any atom is -0.465 e. The van der Waals surface area contributed by atoms with Crippen molar-refractivity contribution in [3.63, 3.8) is 0 Å². The monoisotopic (exact) mass is 326 g/mol. The minimum atomic E-state index is -3.60. The average Bonchev–Trinajstić information content (AvgIpc) is 2.48. The molecule has 0 unspecified atom stereocenters. The van der Waals surface area contributed by atoms with Crippen molar-refractivity contribution in [2.75, 3.05) is 44.9 Å². The Bertz CT molecular complexity index is 885. The number of nitrogens with zero attached hydrogens (tertiary/aromatic N) is 2. The molecule has 2 rings (SSSR count). The first-order valence-electron chi connectivity index (χ1n) is 11.6. The molecule has 5 heteroatoms. The Morgan fingerprint density at radius 1 is 1.39 bits per heavy atom. The van der Waals surface area contributed by atoms with E-state index < -0.39 is 62.1 Å². The van der Waals surface area contributed by atoms with Crippen LogP contribution in [0.1, 0.15) is 29.5 Å². The van der Waals surface area contributed by atoms with Crippen molar-refractivity contribution >= 4 is 27.6 Å². The molecule has 0 saturated carbocycles. The van der Waals surface area contributed by atoms with Gasteiger partial charge in [-0.2, -0.15) is 0 Å². The molecule has 0 aromatic heterocycles. The predicted molar refractivity (Wildman–Crippen MR) is 75.2 cm³/mol. The number of likely N-dealkylation sites (N-methyl/N-ethyl adjacent to an activating group) is 1. The second-order valence-corrected chi connectivity index (χ2v) is 4.12. The van der Waals surface area contributed by atoms with Gasteiger partial charge in [0, 0.05) is 45.7 Å². The maximum Gasteiger partial charge on any atom is 0.337 e. The second-order valence-electron chi connectivity index (χ2n) is 3.21. The lowest BCUT2D eigenvalue weighted by Crippen LogP contribution is -2.44. The fraction of sp³-hybridized carbons (Fsp3) is 0.462. The summed E-state index contributed by atoms with van der Waals surface area (Å²) in [4.78, 5) is 11.7. The average molecular weight is 327 g/mol. The molecule has 4 nitrogen and oxygen atoms in total. The molecule has 1 aromatic carbocycles. The summed E-state index contributed by atoms with van der Waals surface area (Å²) >= 11 is 3.00. The van der Waals surface area contributed by atoms with Gasteiger partial charge in [0.2, 0.25) is 0 Å². The first-order chi connectivity index (χ1) is 14.0. The van der Waals surface area contributed by atoms with E-state index in [-0.39, 0.29) is 9.37 Å². The molecular weight excluding hydrogens is 296 g/mol. The third kappa shape index (κ3) is 3.03. The van der Waals surface area contributed by atoms with E-state index in [0.29, 0.717) is 0 Å². The number of hydrogen-bond donors (Lipinski definition) is 0. The van der Waals surface area contributed by atoms with Gasteiger partial charge in [-0.05, 0) is 25.2 Å². The van der Waals surface area contributed by atoms with Crippen molar-refractivity contribution < 1.29 is 28.7 Å². The minimum absolute atomic E-state index is 0.00142. The van der Waals surface area contributed by atoms with Crippen LogP contribution in [0.15, 0.2) is 22.7 Å². The second kappa shape index (κ2) is 5.71. The molecular formula is C13H17BrN2O2. The van der Waals surface area contributed by atoms with Crippen LogP contribution in [0.4, 0.5) is 5.69 Å². The van der Waals surface area contributed by atoms with E-state index in [1.165, 1.54) is 0 Å². The zero-order valence-electron chi connectivity index (χ0n) is 22.8. The molecule has 1 aliphatic rings. The van der Waals surface area contributed by atoms with Gasteiger partial charge in [-0.25, -0.2) is 4.79 Å². The highest BCUT2D eigenvalue weighted by Crippen LogP contribution is 2.24. The molecule has 0 N–H and O–H groups in total. The summed E-state index contributed by atoms with van der Waals surface area (Å²) in [6, 6.07) is 2.88. The Morgan fingerprint density at radius 3 is 2.83 bits per heavy atom. The summed E-state index contributed by atoms with van der Waals surface area (Å²) < 4.78 is 113. The molecule has 0 aliphatic carbocycles. The van der Waals surface area contributed by atoms with Crippen LogP contribution >= 0.6 is 15.9 Å². The van der Waals surface area contributed by atoms with Crippen molar-refractivity contribution in [1.29, 1.82) is 0 Å². The topological polar surface area (TPSA) is 32.8 Å². The molecule has 0 spiro atoms. The summed E-state index contributed by atoms with van der Waals surface area (Å²) in [5.74, 6) is -1.39. The lowest BCUT2D eigenvalue weighted by molar-refractivity contribution is 0.0600. The van der Waals surface area contributed by atoms with Crippen molar-refractivity contribution in [3.05, 3.63) is 28.2 Å². The van der Waals surface area contributed by atoms with Gasteiger partial charge in [0.15, 0.2) is 0 Å². The summed E-state index contributed by atoms with van der Waals surface area (Å²) in [6.07, 6.45) is 0. The quantitative estimate of drug-likeness (QED) is 0.778. The van der Waals surface area contributed by atoms with Crippen LogP contribution in [0.2, 0.25) is 0 Å². The van der Waals surface area contributed by atoms with Gasteiger partial charge in [-0.15, -0.1) is 0 Å². The molecule has 0 amide bonds. The van der Waals surface area contributed by atoms with E-state index in [1.807, 2.05) is 0 Å². The maximum absolute atomic E-state index is 12.2. The number of esters is 1. The van der Waals surface area contributed by atoms with Gasteiger partial charge < -0.3 is 14.5 Å². The zero-order chi connectivity index (χ0) is 25.3. The van der Waals surface area contributed by atoms with Gasteiger partial charge in [-0.1, -0.05) is 15.9 Å². The maximum atomic E-state index is 12.2. The largest absolute Gasteiger partial charge is 0.465 e. The summed E-state index contributed by atoms with van der Waals surface area (Å²) in [7, 11) is -3.12. The summed E-state index contributed by atoms with van der Waals surface area (Å²) in [5, 5.41) is 0. The third-order valence-corrected chi connectivity index (χ3v) is 2.47. The SMILES string of the molecule is [2H]C([2H])([2H])OC(=O)c1cc(Br)cc(N2C([2H])([2H])C([2H])([2H])N(C([2H])([2H])[2H])C([2H])([2H])C2([2H])[2H])c1. The van der Waals surface area contributed by atoms with Gasteiger partial charge in [0.25, 0.3) is 0 Å². The van der Waals surface area contributed by atoms with Crippen LogP contribution < -0.4 is 4.90 Å². The molecule has 0 atom stereocenters. The first kappa shape index (κ1) is 4.21. The molecule has 1 aliphatic heterocycles. The Morgan fingerprint density at radius 2 is 2.17 bits per heavy atom. The van der Waals surface area contributed by atoms with Crippen LogP contribution in [0.5, 0.6) is 0 Å². The molecule has 1 heterocycles. The number of piperazine rings is 1. The number of anilines is 1. The fourth-order valence-electron chi connectivity index (χ4n) is 1.27. The summed E-state index contributed by atoms with van der Waals surface area (Å²) in [5.41, 5.74) is -1.07. The Kier molecular flexibility index (Phi) is 1.34. The van der Waals surface area contributed by atoms with E-state index in [4.69, 9.17) is 19.2 Å². The molecule has 0 bridgehead atoms. The van der Waals surface area contributed by atoms with Crippen LogP contribution in [0, 0.1) is 0 Å². The van der Waals surface area contributed by atoms with E-state index in [0.717, 1.165) is 18.2 Å². The lowest BCUT2D eigenvalue weighted by atomic mass is 10.1. The van der Waals surface area contributed by atoms with Gasteiger partial charge >= 0.3 is 5.97 Å². The zero-order valence-corrected chi connectivity index (χ0v) is 10.4. The highest BCUT2D eigenvalue weighted by molar-refractivity contribution is 9.10. The van der Waals surface area contributed by atoms with E-state index in [2.05, 4.69) is 20.7 Å². The number of benzene rings is 1. The van der Waals surface area contributed by atoms with E-state index in [1.54, 1.807) is 0 Å². The van der Waals surface area contributed by atoms with Gasteiger partial charge in [-0.3, -0.25) is 0 Å². The Hall–Kier alpha value is -1.07. The number of carbonyl (C=O) groups is 1. The number of rotatable bonds is 2. The molecule has 1 aromatic rings. The van der Waals surface area contributed by atoms with Crippen molar-refractivity contribution in [2.24, 2.45) is 0 Å². The molecule has 18 heavy (non-hydrogen) atoms. The van der Waals surface area contributed by atoms with Crippen LogP contribution in [0.3, 0.4) is 0 Å². The predicted octanol–water partition coefficient (Wildman–Crippen LogP) is 1.99. The number of halogens is 1. The molecule has 1 fully saturated rings. The standard InChI is InChI=1S/C13H17BrN2O2/c1-15-3-5-16(6-4-15)12-8-10(13(17)18-2)7-11(14)9-12/h7-9H,3-6H2,1-2H3/i1D3,2D3,3D2,4D2,5D2,6D2.